The fraction of sp³-hybridized carbons (Fsp3) is 0.176. The Kier molecular flexibility index (Phi) is 4.38. The number of allylic oxidation sites excluding steroid dienone is 1. The van der Waals surface area contributed by atoms with Gasteiger partial charge in [0.15, 0.2) is 5.41 Å². The third-order valence-corrected chi connectivity index (χ3v) is 3.31. The number of cyclic esters (lactones) is 1. The summed E-state index contributed by atoms with van der Waals surface area (Å²) in [5, 5.41) is 0. The Bertz CT molecular complexity index is 600. The molecule has 4 nitrogen and oxygen atoms in total. The normalized spacial score (nSPS) is 20.4. The van der Waals surface area contributed by atoms with E-state index in [0.717, 1.165) is 5.56 Å². The Labute approximate surface area is 123 Å². The molecular weight excluding hydrogens is 268 g/mol. The van der Waals surface area contributed by atoms with Gasteiger partial charge in [0.1, 0.15) is 12.9 Å². The average molecular weight is 284 g/mol. The SMILES string of the molecule is C=CCOC(=O)C1(CC=C)C(=O)OC=C1c1ccccc1. The van der Waals surface area contributed by atoms with E-state index in [4.69, 9.17) is 9.47 Å². The number of benzene rings is 1. The fourth-order valence-corrected chi connectivity index (χ4v) is 2.30. The van der Waals surface area contributed by atoms with Crippen LogP contribution in [0.4, 0.5) is 0 Å². The van der Waals surface area contributed by atoms with Gasteiger partial charge in [0.25, 0.3) is 0 Å². The summed E-state index contributed by atoms with van der Waals surface area (Å²) in [4.78, 5) is 24.7. The first-order valence-corrected chi connectivity index (χ1v) is 6.53. The van der Waals surface area contributed by atoms with Crippen molar-refractivity contribution in [3.05, 3.63) is 67.5 Å². The van der Waals surface area contributed by atoms with Gasteiger partial charge >= 0.3 is 11.9 Å². The number of rotatable bonds is 6. The zero-order valence-electron chi connectivity index (χ0n) is 11.6. The van der Waals surface area contributed by atoms with E-state index >= 15 is 0 Å². The fourth-order valence-electron chi connectivity index (χ4n) is 2.30. The number of ether oxygens (including phenoxy) is 2. The summed E-state index contributed by atoms with van der Waals surface area (Å²) in [6, 6.07) is 9.13. The molecule has 0 saturated carbocycles. The van der Waals surface area contributed by atoms with Gasteiger partial charge in [0.2, 0.25) is 0 Å². The molecule has 21 heavy (non-hydrogen) atoms. The lowest BCUT2D eigenvalue weighted by atomic mass is 9.76. The summed E-state index contributed by atoms with van der Waals surface area (Å²) in [6.07, 6.45) is 4.39. The molecular formula is C17H16O4. The first kappa shape index (κ1) is 14.8. The van der Waals surface area contributed by atoms with Crippen LogP contribution in [-0.4, -0.2) is 18.5 Å². The highest BCUT2D eigenvalue weighted by molar-refractivity contribution is 6.14. The highest BCUT2D eigenvalue weighted by Crippen LogP contribution is 2.45. The maximum Gasteiger partial charge on any atom is 0.333 e. The summed E-state index contributed by atoms with van der Waals surface area (Å²) in [6.45, 7) is 7.16. The van der Waals surface area contributed by atoms with Crippen molar-refractivity contribution in [3.8, 4) is 0 Å². The van der Waals surface area contributed by atoms with Gasteiger partial charge in [0.05, 0.1) is 0 Å². The number of hydrogen-bond donors (Lipinski definition) is 0. The molecule has 1 aliphatic heterocycles. The molecule has 0 aromatic heterocycles. The van der Waals surface area contributed by atoms with Crippen molar-refractivity contribution in [1.82, 2.24) is 0 Å². The lowest BCUT2D eigenvalue weighted by molar-refractivity contribution is -0.161. The van der Waals surface area contributed by atoms with E-state index in [9.17, 15) is 9.59 Å². The summed E-state index contributed by atoms with van der Waals surface area (Å²) < 4.78 is 10.1. The van der Waals surface area contributed by atoms with Crippen molar-refractivity contribution in [2.75, 3.05) is 6.61 Å². The van der Waals surface area contributed by atoms with E-state index < -0.39 is 17.4 Å². The Hall–Kier alpha value is -2.62. The maximum absolute atomic E-state index is 12.5. The molecule has 0 bridgehead atoms. The number of carbonyl (C=O) groups excluding carboxylic acids is 2. The molecule has 1 aromatic rings. The molecule has 0 aliphatic carbocycles. The molecule has 4 heteroatoms. The molecule has 108 valence electrons. The van der Waals surface area contributed by atoms with Gasteiger partial charge in [-0.15, -0.1) is 6.58 Å². The van der Waals surface area contributed by atoms with Crippen LogP contribution >= 0.6 is 0 Å². The summed E-state index contributed by atoms with van der Waals surface area (Å²) in [7, 11) is 0. The molecule has 2 rings (SSSR count). The Balaban J connectivity index is 2.47. The second kappa shape index (κ2) is 6.22. The summed E-state index contributed by atoms with van der Waals surface area (Å²) in [5.41, 5.74) is -0.269. The van der Waals surface area contributed by atoms with E-state index in [1.54, 1.807) is 0 Å². The van der Waals surface area contributed by atoms with Crippen molar-refractivity contribution in [2.45, 2.75) is 6.42 Å². The monoisotopic (exact) mass is 284 g/mol. The van der Waals surface area contributed by atoms with Gasteiger partial charge in [-0.2, -0.15) is 0 Å². The zero-order valence-corrected chi connectivity index (χ0v) is 11.6. The molecule has 0 saturated heterocycles. The highest BCUT2D eigenvalue weighted by atomic mass is 16.6. The highest BCUT2D eigenvalue weighted by Gasteiger charge is 2.55. The predicted molar refractivity (Wildman–Crippen MR) is 78.9 cm³/mol. The summed E-state index contributed by atoms with van der Waals surface area (Å²) in [5.74, 6) is -1.30. The van der Waals surface area contributed by atoms with Gasteiger partial charge in [-0.3, -0.25) is 9.59 Å². The van der Waals surface area contributed by atoms with Crippen LogP contribution in [-0.2, 0) is 19.1 Å². The van der Waals surface area contributed by atoms with Gasteiger partial charge in [-0.25, -0.2) is 0 Å². The van der Waals surface area contributed by atoms with Gasteiger partial charge in [-0.05, 0) is 12.0 Å². The molecule has 0 fully saturated rings. The van der Waals surface area contributed by atoms with Gasteiger partial charge in [0, 0.05) is 5.57 Å². The molecule has 0 radical (unpaired) electrons. The standard InChI is InChI=1S/C17H16O4/c1-3-10-17(15(18)20-11-4-2)14(12-21-16(17)19)13-8-6-5-7-9-13/h3-9,12H,1-2,10-11H2. The van der Waals surface area contributed by atoms with Crippen LogP contribution in [0.15, 0.2) is 61.9 Å². The van der Waals surface area contributed by atoms with E-state index in [1.165, 1.54) is 18.4 Å². The van der Waals surface area contributed by atoms with Crippen molar-refractivity contribution < 1.29 is 19.1 Å². The third-order valence-electron chi connectivity index (χ3n) is 3.31. The minimum Gasteiger partial charge on any atom is -0.460 e. The molecule has 0 amide bonds. The van der Waals surface area contributed by atoms with E-state index in [-0.39, 0.29) is 13.0 Å². The second-order valence-corrected chi connectivity index (χ2v) is 4.59. The van der Waals surface area contributed by atoms with Crippen LogP contribution < -0.4 is 0 Å². The van der Waals surface area contributed by atoms with Crippen molar-refractivity contribution in [2.24, 2.45) is 5.41 Å². The largest absolute Gasteiger partial charge is 0.460 e. The van der Waals surface area contributed by atoms with Crippen LogP contribution in [0.1, 0.15) is 12.0 Å². The molecule has 1 atom stereocenters. The van der Waals surface area contributed by atoms with Crippen LogP contribution in [0.2, 0.25) is 0 Å². The molecule has 0 spiro atoms. The van der Waals surface area contributed by atoms with Gasteiger partial charge < -0.3 is 9.47 Å². The topological polar surface area (TPSA) is 52.6 Å². The Morgan fingerprint density at radius 2 is 1.95 bits per heavy atom. The zero-order chi connectivity index (χ0) is 15.3. The minimum atomic E-state index is -1.49. The van der Waals surface area contributed by atoms with E-state index in [2.05, 4.69) is 13.2 Å². The molecule has 1 aliphatic rings. The average Bonchev–Trinajstić information content (AvgIpc) is 2.84. The first-order valence-electron chi connectivity index (χ1n) is 6.53. The molecule has 1 aromatic carbocycles. The third kappa shape index (κ3) is 2.52. The van der Waals surface area contributed by atoms with Crippen LogP contribution in [0, 0.1) is 5.41 Å². The van der Waals surface area contributed by atoms with E-state index in [1.807, 2.05) is 30.3 Å². The molecule has 1 heterocycles. The quantitative estimate of drug-likeness (QED) is 0.458. The molecule has 1 unspecified atom stereocenters. The smallest absolute Gasteiger partial charge is 0.333 e. The van der Waals surface area contributed by atoms with Crippen LogP contribution in [0.5, 0.6) is 0 Å². The number of esters is 2. The van der Waals surface area contributed by atoms with Crippen molar-refractivity contribution in [3.63, 3.8) is 0 Å². The number of carbonyl (C=O) groups is 2. The second-order valence-electron chi connectivity index (χ2n) is 4.59. The van der Waals surface area contributed by atoms with Crippen molar-refractivity contribution in [1.29, 1.82) is 0 Å². The Morgan fingerprint density at radius 1 is 1.24 bits per heavy atom. The van der Waals surface area contributed by atoms with Gasteiger partial charge in [-0.1, -0.05) is 49.1 Å². The Morgan fingerprint density at radius 3 is 2.57 bits per heavy atom. The lowest BCUT2D eigenvalue weighted by Crippen LogP contribution is -2.39. The first-order chi connectivity index (χ1) is 10.2. The predicted octanol–water partition coefficient (Wildman–Crippen LogP) is 2.88. The van der Waals surface area contributed by atoms with E-state index in [0.29, 0.717) is 5.57 Å². The van der Waals surface area contributed by atoms with Crippen molar-refractivity contribution >= 4 is 17.5 Å². The lowest BCUT2D eigenvalue weighted by Gasteiger charge is -2.24. The van der Waals surface area contributed by atoms with Crippen LogP contribution in [0.3, 0.4) is 0 Å². The molecule has 0 N–H and O–H groups in total. The van der Waals surface area contributed by atoms with Crippen LogP contribution in [0.25, 0.3) is 5.57 Å². The minimum absolute atomic E-state index is 0.0348. The maximum atomic E-state index is 12.5. The summed E-state index contributed by atoms with van der Waals surface area (Å²) >= 11 is 0. The number of hydrogen-bond acceptors (Lipinski definition) is 4.